The van der Waals surface area contributed by atoms with Crippen molar-refractivity contribution >= 4 is 38.7 Å². The van der Waals surface area contributed by atoms with Crippen LogP contribution in [0.3, 0.4) is 0 Å². The first kappa shape index (κ1) is 39.4. The summed E-state index contributed by atoms with van der Waals surface area (Å²) in [5.41, 5.74) is 21.5. The van der Waals surface area contributed by atoms with E-state index in [1.54, 1.807) is 0 Å². The second-order valence-corrected chi connectivity index (χ2v) is 17.8. The molecule has 12 rings (SSSR count). The molecular formula is C60H46N6. The maximum Gasteiger partial charge on any atom is 0.149 e. The first-order valence-electron chi connectivity index (χ1n) is 22.8. The van der Waals surface area contributed by atoms with Crippen molar-refractivity contribution in [2.75, 3.05) is 0 Å². The number of rotatable bonds is 7. The third-order valence-electron chi connectivity index (χ3n) is 13.2. The lowest BCUT2D eigenvalue weighted by Gasteiger charge is -2.15. The molecule has 0 fully saturated rings. The zero-order chi connectivity index (χ0) is 44.5. The molecule has 6 nitrogen and oxygen atoms in total. The van der Waals surface area contributed by atoms with E-state index in [1.807, 2.05) is 6.07 Å². The normalized spacial score (nSPS) is 12.9. The van der Waals surface area contributed by atoms with Gasteiger partial charge in [0.1, 0.15) is 22.9 Å². The minimum Gasteiger partial charge on any atom is -0.275 e. The quantitative estimate of drug-likeness (QED) is 0.160. The Morgan fingerprint density at radius 2 is 0.742 bits per heavy atom. The summed E-state index contributed by atoms with van der Waals surface area (Å²) < 4.78 is 4.55. The van der Waals surface area contributed by atoms with Crippen molar-refractivity contribution in [1.29, 1.82) is 0 Å². The van der Waals surface area contributed by atoms with Crippen molar-refractivity contribution in [3.05, 3.63) is 210 Å². The van der Waals surface area contributed by atoms with Gasteiger partial charge in [-0.2, -0.15) is 0 Å². The Kier molecular flexibility index (Phi) is 9.42. The maximum atomic E-state index is 5.47. The van der Waals surface area contributed by atoms with Gasteiger partial charge in [-0.05, 0) is 81.5 Å². The van der Waals surface area contributed by atoms with Crippen LogP contribution in [0.25, 0.3) is 106 Å². The van der Waals surface area contributed by atoms with E-state index in [2.05, 4.69) is 212 Å². The van der Waals surface area contributed by atoms with E-state index >= 15 is 0 Å². The van der Waals surface area contributed by atoms with Crippen LogP contribution in [0, 0.1) is 20.8 Å². The molecule has 7 aromatic carbocycles. The Balaban J connectivity index is 0.983. The minimum atomic E-state index is 0.845. The van der Waals surface area contributed by atoms with Gasteiger partial charge in [0.05, 0.1) is 33.8 Å². The lowest BCUT2D eigenvalue weighted by atomic mass is 9.94. The molecule has 0 radical (unpaired) electrons. The van der Waals surface area contributed by atoms with E-state index in [-0.39, 0.29) is 0 Å². The van der Waals surface area contributed by atoms with E-state index in [9.17, 15) is 0 Å². The summed E-state index contributed by atoms with van der Waals surface area (Å²) in [7, 11) is 0. The van der Waals surface area contributed by atoms with Gasteiger partial charge in [0.2, 0.25) is 0 Å². The van der Waals surface area contributed by atoms with Gasteiger partial charge < -0.3 is 0 Å². The number of benzene rings is 7. The fourth-order valence-corrected chi connectivity index (χ4v) is 9.50. The molecule has 0 amide bonds. The van der Waals surface area contributed by atoms with Gasteiger partial charge in [-0.15, -0.1) is 0 Å². The second kappa shape index (κ2) is 15.8. The summed E-state index contributed by atoms with van der Waals surface area (Å²) in [6.07, 6.45) is 6.47. The molecular weight excluding hydrogens is 805 g/mol. The molecule has 0 aliphatic heterocycles. The van der Waals surface area contributed by atoms with Crippen LogP contribution in [-0.4, -0.2) is 28.7 Å². The van der Waals surface area contributed by atoms with Crippen molar-refractivity contribution < 1.29 is 0 Å². The van der Waals surface area contributed by atoms with Crippen molar-refractivity contribution in [1.82, 2.24) is 28.7 Å². The molecule has 1 aliphatic carbocycles. The van der Waals surface area contributed by atoms with Gasteiger partial charge in [0, 0.05) is 38.6 Å². The van der Waals surface area contributed by atoms with Crippen molar-refractivity contribution in [3.63, 3.8) is 0 Å². The zero-order valence-corrected chi connectivity index (χ0v) is 37.4. The van der Waals surface area contributed by atoms with Gasteiger partial charge in [0.25, 0.3) is 0 Å². The van der Waals surface area contributed by atoms with Gasteiger partial charge in [-0.25, -0.2) is 19.9 Å². The molecule has 66 heavy (non-hydrogen) atoms. The van der Waals surface area contributed by atoms with Crippen LogP contribution >= 0.6 is 0 Å². The van der Waals surface area contributed by atoms with Crippen molar-refractivity contribution in [3.8, 4) is 67.7 Å². The molecule has 0 saturated heterocycles. The topological polar surface area (TPSA) is 60.4 Å². The maximum absolute atomic E-state index is 5.47. The molecule has 11 aromatic rings. The van der Waals surface area contributed by atoms with Gasteiger partial charge >= 0.3 is 0 Å². The Morgan fingerprint density at radius 1 is 0.348 bits per heavy atom. The highest BCUT2D eigenvalue weighted by atomic mass is 15.1. The van der Waals surface area contributed by atoms with Crippen LogP contribution < -0.4 is 0 Å². The molecule has 6 heteroatoms. The minimum absolute atomic E-state index is 0.845. The third-order valence-corrected chi connectivity index (χ3v) is 13.2. The SMILES string of the molecule is CC1=CC=C(c2nc3c4ccccc4nc(-c4ccc(-c5ccc(-c6nc7ccccc7c7nc(-c8ccc(C)cc8)c(-c8ccc(C)cc8)n67)cc5)cc4)n3c2-c2ccc(C)cc2)CC1. The highest BCUT2D eigenvalue weighted by molar-refractivity contribution is 5.99. The van der Waals surface area contributed by atoms with Gasteiger partial charge in [0.15, 0.2) is 0 Å². The summed E-state index contributed by atoms with van der Waals surface area (Å²) in [6.45, 7) is 8.58. The number of imidazole rings is 2. The number of fused-ring (bicyclic) bond motifs is 6. The lowest BCUT2D eigenvalue weighted by Crippen LogP contribution is -2.01. The van der Waals surface area contributed by atoms with Crippen LogP contribution in [-0.2, 0) is 0 Å². The Bertz CT molecular complexity index is 3740. The van der Waals surface area contributed by atoms with Crippen molar-refractivity contribution in [2.24, 2.45) is 0 Å². The number of hydrogen-bond acceptors (Lipinski definition) is 4. The lowest BCUT2D eigenvalue weighted by molar-refractivity contribution is 0.972. The summed E-state index contributed by atoms with van der Waals surface area (Å²) in [4.78, 5) is 21.6. The first-order valence-corrected chi connectivity index (χ1v) is 22.8. The summed E-state index contributed by atoms with van der Waals surface area (Å²) >= 11 is 0. The molecule has 0 atom stereocenters. The molecule has 0 bridgehead atoms. The van der Waals surface area contributed by atoms with Crippen LogP contribution in [0.15, 0.2) is 188 Å². The van der Waals surface area contributed by atoms with Gasteiger partial charge in [-0.1, -0.05) is 180 Å². The van der Waals surface area contributed by atoms with Crippen LogP contribution in [0.1, 0.15) is 42.1 Å². The van der Waals surface area contributed by atoms with Crippen LogP contribution in [0.5, 0.6) is 0 Å². The largest absolute Gasteiger partial charge is 0.275 e. The molecule has 0 saturated carbocycles. The molecule has 316 valence electrons. The fourth-order valence-electron chi connectivity index (χ4n) is 9.50. The molecule has 0 spiro atoms. The van der Waals surface area contributed by atoms with E-state index in [0.717, 1.165) is 119 Å². The van der Waals surface area contributed by atoms with E-state index in [0.29, 0.717) is 0 Å². The summed E-state index contributed by atoms with van der Waals surface area (Å²) in [6, 6.07) is 60.5. The number of hydrogen-bond donors (Lipinski definition) is 0. The standard InChI is InChI=1S/C60H46N6/c1-37-13-21-43(22-14-37)53-55(45-25-17-39(3)18-26-45)65-57(61-51-11-7-5-9-49(51)59(65)63-53)47-33-29-41(30-34-47)42-31-35-48(36-32-42)58-62-52-12-8-6-10-50(52)60-64-54(44-23-15-38(2)16-24-44)56(66(58)60)46-27-19-40(4)20-28-46/h5-15,17-23,25-36H,16,24H2,1-4H3. The smallest absolute Gasteiger partial charge is 0.149 e. The predicted molar refractivity (Wildman–Crippen MR) is 272 cm³/mol. The Labute approximate surface area is 384 Å². The number of aromatic nitrogens is 6. The molecule has 0 unspecified atom stereocenters. The average Bonchev–Trinajstić information content (AvgIpc) is 3.96. The second-order valence-electron chi connectivity index (χ2n) is 17.8. The summed E-state index contributed by atoms with van der Waals surface area (Å²) in [5, 5.41) is 2.05. The zero-order valence-electron chi connectivity index (χ0n) is 37.4. The number of allylic oxidation sites excluding steroid dienone is 4. The third kappa shape index (κ3) is 6.72. The first-order chi connectivity index (χ1) is 32.3. The predicted octanol–water partition coefficient (Wildman–Crippen LogP) is 15.1. The molecule has 4 heterocycles. The Morgan fingerprint density at radius 3 is 1.20 bits per heavy atom. The number of para-hydroxylation sites is 2. The highest BCUT2D eigenvalue weighted by Gasteiger charge is 2.25. The van der Waals surface area contributed by atoms with E-state index < -0.39 is 0 Å². The summed E-state index contributed by atoms with van der Waals surface area (Å²) in [5.74, 6) is 1.71. The highest BCUT2D eigenvalue weighted by Crippen LogP contribution is 2.41. The van der Waals surface area contributed by atoms with Crippen molar-refractivity contribution in [2.45, 2.75) is 40.5 Å². The van der Waals surface area contributed by atoms with Crippen LogP contribution in [0.4, 0.5) is 0 Å². The van der Waals surface area contributed by atoms with Crippen LogP contribution in [0.2, 0.25) is 0 Å². The average molecular weight is 851 g/mol. The number of aryl methyl sites for hydroxylation is 3. The number of nitrogens with zero attached hydrogens (tertiary/aromatic N) is 6. The molecule has 1 aliphatic rings. The van der Waals surface area contributed by atoms with E-state index in [4.69, 9.17) is 19.9 Å². The van der Waals surface area contributed by atoms with E-state index in [1.165, 1.54) is 27.8 Å². The van der Waals surface area contributed by atoms with Gasteiger partial charge in [-0.3, -0.25) is 8.80 Å². The molecule has 0 N–H and O–H groups in total. The Hall–Kier alpha value is -8.22. The monoisotopic (exact) mass is 850 g/mol. The fraction of sp³-hybridized carbons (Fsp3) is 0.100. The molecule has 4 aromatic heterocycles.